The zero-order valence-electron chi connectivity index (χ0n) is 15.3. The number of H-pyrrole nitrogens is 1. The second-order valence-electron chi connectivity index (χ2n) is 5.99. The first-order valence-electron chi connectivity index (χ1n) is 8.11. The number of nitrogens with zero attached hydrogens (tertiary/aromatic N) is 2. The summed E-state index contributed by atoms with van der Waals surface area (Å²) in [6.45, 7) is 3.79. The van der Waals surface area contributed by atoms with Crippen molar-refractivity contribution in [1.29, 1.82) is 0 Å². The van der Waals surface area contributed by atoms with Crippen LogP contribution in [-0.4, -0.2) is 30.3 Å². The fraction of sp³-hybridized carbons (Fsp3) is 0.278. The van der Waals surface area contributed by atoms with E-state index in [1.54, 1.807) is 18.3 Å². The fourth-order valence-electron chi connectivity index (χ4n) is 2.60. The number of benzene rings is 1. The number of hydrogen-bond acceptors (Lipinski definition) is 6. The lowest BCUT2D eigenvalue weighted by molar-refractivity contribution is -0.362. The number of fused-ring (bicyclic) bond motifs is 1. The standard InChI is InChI=1S/C18H18Cl2N4O3/c1-8(2)27-17-16-9(7-22-18(21)24-16)5-10(23-17)13-14(19)11(25-3)6-12(26-4)15(13)20/h5-8H,1-4H3,(H2,21,22,24)/p+1. The fourth-order valence-corrected chi connectivity index (χ4v) is 3.30. The van der Waals surface area contributed by atoms with E-state index in [4.69, 9.17) is 43.1 Å². The summed E-state index contributed by atoms with van der Waals surface area (Å²) in [6, 6.07) is 3.41. The van der Waals surface area contributed by atoms with E-state index >= 15 is 0 Å². The zero-order valence-corrected chi connectivity index (χ0v) is 16.8. The molecule has 2 heterocycles. The number of nitrogens with one attached hydrogen (secondary N) is 1. The minimum Gasteiger partial charge on any atom is -0.495 e. The molecule has 142 valence electrons. The van der Waals surface area contributed by atoms with Crippen LogP contribution >= 0.6 is 23.2 Å². The molecule has 0 aliphatic rings. The quantitative estimate of drug-likeness (QED) is 0.688. The summed E-state index contributed by atoms with van der Waals surface area (Å²) >= 11 is 13.0. The van der Waals surface area contributed by atoms with Crippen molar-refractivity contribution < 1.29 is 19.2 Å². The highest BCUT2D eigenvalue weighted by molar-refractivity contribution is 6.41. The van der Waals surface area contributed by atoms with Crippen molar-refractivity contribution in [3.63, 3.8) is 0 Å². The Balaban J connectivity index is 2.34. The van der Waals surface area contributed by atoms with Crippen LogP contribution in [0, 0.1) is 0 Å². The first kappa shape index (κ1) is 19.3. The van der Waals surface area contributed by atoms with Gasteiger partial charge in [-0.2, -0.15) is 0 Å². The molecule has 0 amide bonds. The third-order valence-electron chi connectivity index (χ3n) is 3.78. The number of methoxy groups -OCH3 is 2. The summed E-state index contributed by atoms with van der Waals surface area (Å²) in [4.78, 5) is 11.8. The van der Waals surface area contributed by atoms with Crippen LogP contribution in [0.15, 0.2) is 18.3 Å². The number of ether oxygens (including phenoxy) is 3. The van der Waals surface area contributed by atoms with Crippen LogP contribution in [-0.2, 0) is 0 Å². The number of nitrogens with two attached hydrogens (primary N) is 1. The lowest BCUT2D eigenvalue weighted by atomic mass is 10.1. The molecule has 0 aliphatic carbocycles. The second kappa shape index (κ2) is 7.62. The smallest absolute Gasteiger partial charge is 0.387 e. The third-order valence-corrected chi connectivity index (χ3v) is 4.53. The molecule has 1 aromatic carbocycles. The number of anilines is 1. The van der Waals surface area contributed by atoms with Gasteiger partial charge in [-0.15, -0.1) is 0 Å². The number of aromatic nitrogens is 3. The molecule has 2 aromatic heterocycles. The molecule has 27 heavy (non-hydrogen) atoms. The number of aromatic amines is 1. The van der Waals surface area contributed by atoms with Gasteiger partial charge in [-0.1, -0.05) is 28.2 Å². The van der Waals surface area contributed by atoms with E-state index in [1.807, 2.05) is 13.8 Å². The molecule has 3 rings (SSSR count). The van der Waals surface area contributed by atoms with Crippen LogP contribution in [0.4, 0.5) is 5.95 Å². The molecule has 3 N–H and O–H groups in total. The lowest BCUT2D eigenvalue weighted by Gasteiger charge is -2.16. The van der Waals surface area contributed by atoms with Gasteiger partial charge in [0.1, 0.15) is 11.5 Å². The highest BCUT2D eigenvalue weighted by Crippen LogP contribution is 2.46. The molecular weight excluding hydrogens is 391 g/mol. The molecule has 3 aromatic rings. The number of nitrogen functional groups attached to an aromatic ring is 1. The van der Waals surface area contributed by atoms with Crippen molar-refractivity contribution >= 4 is 40.1 Å². The third kappa shape index (κ3) is 3.65. The number of halogens is 2. The summed E-state index contributed by atoms with van der Waals surface area (Å²) in [7, 11) is 3.03. The van der Waals surface area contributed by atoms with Crippen molar-refractivity contribution in [2.75, 3.05) is 20.0 Å². The molecule has 0 aliphatic heterocycles. The number of rotatable bonds is 5. The van der Waals surface area contributed by atoms with Gasteiger partial charge in [-0.25, -0.2) is 9.97 Å². The lowest BCUT2D eigenvalue weighted by Crippen LogP contribution is -2.14. The van der Waals surface area contributed by atoms with Crippen molar-refractivity contribution in [1.82, 2.24) is 9.97 Å². The molecule has 0 unspecified atom stereocenters. The largest absolute Gasteiger partial charge is 0.495 e. The minimum absolute atomic E-state index is 0.117. The maximum Gasteiger partial charge on any atom is 0.387 e. The van der Waals surface area contributed by atoms with Gasteiger partial charge in [0, 0.05) is 11.6 Å². The normalized spacial score (nSPS) is 11.1. The molecule has 0 fully saturated rings. The summed E-state index contributed by atoms with van der Waals surface area (Å²) in [6.07, 6.45) is 1.60. The Hall–Kier alpha value is -2.51. The van der Waals surface area contributed by atoms with Gasteiger partial charge >= 0.3 is 5.95 Å². The molecule has 9 heteroatoms. The van der Waals surface area contributed by atoms with Crippen molar-refractivity contribution in [2.24, 2.45) is 0 Å². The predicted octanol–water partition coefficient (Wildman–Crippen LogP) is 3.80. The molecule has 0 spiro atoms. The molecule has 7 nitrogen and oxygen atoms in total. The Kier molecular flexibility index (Phi) is 5.43. The highest BCUT2D eigenvalue weighted by atomic mass is 35.5. The SMILES string of the molecule is COc1cc(OC)c(Cl)c(-c2cc3c[nH+]c(N)nc3c(OC(C)C)n2)c1Cl. The Labute approximate surface area is 166 Å². The Bertz CT molecular complexity index is 984. The van der Waals surface area contributed by atoms with E-state index in [-0.39, 0.29) is 12.1 Å². The van der Waals surface area contributed by atoms with Crippen LogP contribution in [0.1, 0.15) is 13.8 Å². The first-order chi connectivity index (χ1) is 12.8. The van der Waals surface area contributed by atoms with Gasteiger partial charge in [0.15, 0.2) is 0 Å². The number of pyridine rings is 1. The van der Waals surface area contributed by atoms with E-state index in [0.717, 1.165) is 5.39 Å². The van der Waals surface area contributed by atoms with Gasteiger partial charge in [0.25, 0.3) is 5.88 Å². The monoisotopic (exact) mass is 409 g/mol. The van der Waals surface area contributed by atoms with Crippen molar-refractivity contribution in [2.45, 2.75) is 20.0 Å². The zero-order chi connectivity index (χ0) is 19.7. The minimum atomic E-state index is -0.117. The van der Waals surface area contributed by atoms with Gasteiger partial charge in [0.05, 0.1) is 47.6 Å². The molecular formula is C18H19Cl2N4O3+. The summed E-state index contributed by atoms with van der Waals surface area (Å²) < 4.78 is 16.5. The van der Waals surface area contributed by atoms with Gasteiger partial charge in [-0.3, -0.25) is 5.73 Å². The van der Waals surface area contributed by atoms with Crippen LogP contribution in [0.5, 0.6) is 17.4 Å². The van der Waals surface area contributed by atoms with Crippen LogP contribution < -0.4 is 24.9 Å². The summed E-state index contributed by atoms with van der Waals surface area (Å²) in [5.41, 5.74) is 7.27. The maximum absolute atomic E-state index is 6.52. The molecule has 0 radical (unpaired) electrons. The van der Waals surface area contributed by atoms with E-state index in [2.05, 4.69) is 15.0 Å². The van der Waals surface area contributed by atoms with Gasteiger partial charge < -0.3 is 14.2 Å². The molecule has 0 bridgehead atoms. The van der Waals surface area contributed by atoms with Crippen LogP contribution in [0.25, 0.3) is 22.2 Å². The molecule has 0 saturated carbocycles. The maximum atomic E-state index is 6.52. The van der Waals surface area contributed by atoms with E-state index in [9.17, 15) is 0 Å². The number of hydrogen-bond donors (Lipinski definition) is 1. The average Bonchev–Trinajstić information content (AvgIpc) is 2.62. The van der Waals surface area contributed by atoms with Crippen molar-refractivity contribution in [3.05, 3.63) is 28.4 Å². The molecule has 0 atom stereocenters. The average molecular weight is 410 g/mol. The highest BCUT2D eigenvalue weighted by Gasteiger charge is 2.23. The van der Waals surface area contributed by atoms with Crippen LogP contribution in [0.3, 0.4) is 0 Å². The Morgan fingerprint density at radius 2 is 1.67 bits per heavy atom. The first-order valence-corrected chi connectivity index (χ1v) is 8.87. The summed E-state index contributed by atoms with van der Waals surface area (Å²) in [5, 5.41) is 1.37. The molecule has 0 saturated heterocycles. The topological polar surface area (TPSA) is 93.6 Å². The predicted molar refractivity (Wildman–Crippen MR) is 105 cm³/mol. The Morgan fingerprint density at radius 1 is 1.04 bits per heavy atom. The van der Waals surface area contributed by atoms with E-state index in [0.29, 0.717) is 44.2 Å². The van der Waals surface area contributed by atoms with E-state index < -0.39 is 0 Å². The van der Waals surface area contributed by atoms with Crippen LogP contribution in [0.2, 0.25) is 10.0 Å². The van der Waals surface area contributed by atoms with E-state index in [1.165, 1.54) is 14.2 Å². The second-order valence-corrected chi connectivity index (χ2v) is 6.74. The van der Waals surface area contributed by atoms with Gasteiger partial charge in [0.2, 0.25) is 5.52 Å². The summed E-state index contributed by atoms with van der Waals surface area (Å²) in [5.74, 6) is 1.42. The van der Waals surface area contributed by atoms with Gasteiger partial charge in [-0.05, 0) is 19.9 Å². The van der Waals surface area contributed by atoms with Crippen molar-refractivity contribution in [3.8, 4) is 28.6 Å². The Morgan fingerprint density at radius 3 is 2.22 bits per heavy atom.